The van der Waals surface area contributed by atoms with Gasteiger partial charge in [0.1, 0.15) is 0 Å². The van der Waals surface area contributed by atoms with Gasteiger partial charge in [-0.1, -0.05) is 0 Å². The van der Waals surface area contributed by atoms with E-state index in [2.05, 4.69) is 0 Å². The van der Waals surface area contributed by atoms with Gasteiger partial charge in [0, 0.05) is 6.61 Å². The van der Waals surface area contributed by atoms with Crippen LogP contribution in [0.1, 0.15) is 6.42 Å². The summed E-state index contributed by atoms with van der Waals surface area (Å²) in [6.45, 7) is -1.52. The van der Waals surface area contributed by atoms with E-state index < -0.39 is 31.8 Å². The lowest BCUT2D eigenvalue weighted by Gasteiger charge is -2.23. The second-order valence-corrected chi connectivity index (χ2v) is 3.03. The summed E-state index contributed by atoms with van der Waals surface area (Å²) in [5.41, 5.74) is -1.11. The second kappa shape index (κ2) is 11.4. The Morgan fingerprint density at radius 2 is 1.20 bits per heavy atom. The van der Waals surface area contributed by atoms with Crippen molar-refractivity contribution in [1.29, 1.82) is 0 Å². The first kappa shape index (κ1) is 16.8. The lowest BCUT2D eigenvalue weighted by molar-refractivity contribution is -0.0328. The van der Waals surface area contributed by atoms with Gasteiger partial charge in [0.05, 0.1) is 38.1 Å². The molecule has 0 unspecified atom stereocenters. The van der Waals surface area contributed by atoms with Crippen LogP contribution < -0.4 is 0 Å². The number of aliphatic hydroxyl groups is 6. The first-order chi connectivity index (χ1) is 7.16. The van der Waals surface area contributed by atoms with E-state index in [9.17, 15) is 0 Å². The lowest BCUT2D eigenvalue weighted by Crippen LogP contribution is -2.37. The summed E-state index contributed by atoms with van der Waals surface area (Å²) in [7, 11) is 0. The minimum Gasteiger partial charge on any atom is -0.516 e. The molecule has 0 fully saturated rings. The van der Waals surface area contributed by atoms with E-state index in [0.717, 1.165) is 6.26 Å². The Morgan fingerprint density at radius 3 is 1.27 bits per heavy atom. The average molecular weight is 224 g/mol. The minimum absolute atomic E-state index is 0.108. The fourth-order valence-corrected chi connectivity index (χ4v) is 0.449. The number of hydrogen-bond acceptors (Lipinski definition) is 6. The molecule has 6 N–H and O–H groups in total. The fourth-order valence-electron chi connectivity index (χ4n) is 0.449. The molecule has 0 spiro atoms. The standard InChI is InChI=1S/C5H12O4.C4H8O2/c6-1-5(2-7,3-8)4-9;5-3-1-2-4-6/h6-9H,1-4H2;1,3,5-6H,2,4H2. The van der Waals surface area contributed by atoms with Crippen LogP contribution in [0.5, 0.6) is 0 Å². The van der Waals surface area contributed by atoms with E-state index in [4.69, 9.17) is 30.6 Å². The first-order valence-corrected chi connectivity index (χ1v) is 4.50. The molecule has 0 radical (unpaired) electrons. The highest BCUT2D eigenvalue weighted by molar-refractivity contribution is 4.74. The molecule has 0 bridgehead atoms. The Bertz CT molecular complexity index is 126. The van der Waals surface area contributed by atoms with Gasteiger partial charge in [-0.25, -0.2) is 0 Å². The van der Waals surface area contributed by atoms with Crippen LogP contribution in [0.2, 0.25) is 0 Å². The maximum atomic E-state index is 8.50. The molecule has 0 atom stereocenters. The van der Waals surface area contributed by atoms with Gasteiger partial charge in [-0.2, -0.15) is 0 Å². The van der Waals surface area contributed by atoms with E-state index in [1.165, 1.54) is 6.08 Å². The monoisotopic (exact) mass is 224 g/mol. The van der Waals surface area contributed by atoms with Gasteiger partial charge < -0.3 is 30.6 Å². The Hall–Kier alpha value is -0.660. The molecule has 0 aliphatic heterocycles. The molecule has 0 aromatic rings. The topological polar surface area (TPSA) is 121 Å². The van der Waals surface area contributed by atoms with Gasteiger partial charge in [-0.3, -0.25) is 0 Å². The predicted molar refractivity (Wildman–Crippen MR) is 54.2 cm³/mol. The van der Waals surface area contributed by atoms with E-state index in [-0.39, 0.29) is 6.61 Å². The SMILES string of the molecule is OC=CCCO.OCC(CO)(CO)CO. The molecule has 0 aromatic carbocycles. The molecule has 0 saturated carbocycles. The third-order valence-electron chi connectivity index (χ3n) is 1.74. The van der Waals surface area contributed by atoms with Crippen LogP contribution >= 0.6 is 0 Å². The van der Waals surface area contributed by atoms with Crippen LogP contribution in [0.4, 0.5) is 0 Å². The third kappa shape index (κ3) is 8.34. The van der Waals surface area contributed by atoms with Crippen LogP contribution in [-0.2, 0) is 0 Å². The highest BCUT2D eigenvalue weighted by atomic mass is 16.3. The van der Waals surface area contributed by atoms with Gasteiger partial charge in [-0.15, -0.1) is 0 Å². The molecular weight excluding hydrogens is 204 g/mol. The van der Waals surface area contributed by atoms with Gasteiger partial charge >= 0.3 is 0 Å². The molecule has 0 heterocycles. The Kier molecular flexibility index (Phi) is 12.8. The maximum Gasteiger partial charge on any atom is 0.0752 e. The van der Waals surface area contributed by atoms with Crippen molar-refractivity contribution >= 4 is 0 Å². The van der Waals surface area contributed by atoms with Crippen LogP contribution in [0.25, 0.3) is 0 Å². The Labute approximate surface area is 88.7 Å². The zero-order chi connectivity index (χ0) is 12.2. The third-order valence-corrected chi connectivity index (χ3v) is 1.74. The van der Waals surface area contributed by atoms with Crippen molar-refractivity contribution in [2.24, 2.45) is 5.41 Å². The summed E-state index contributed by atoms with van der Waals surface area (Å²) in [5, 5.41) is 49.9. The molecule has 15 heavy (non-hydrogen) atoms. The highest BCUT2D eigenvalue weighted by Gasteiger charge is 2.26. The lowest BCUT2D eigenvalue weighted by atomic mass is 9.93. The quantitative estimate of drug-likeness (QED) is 0.302. The first-order valence-electron chi connectivity index (χ1n) is 4.50. The molecule has 0 amide bonds. The molecule has 0 aliphatic carbocycles. The summed E-state index contributed by atoms with van der Waals surface area (Å²) in [6.07, 6.45) is 2.95. The van der Waals surface area contributed by atoms with Gasteiger partial charge in [0.25, 0.3) is 0 Å². The largest absolute Gasteiger partial charge is 0.516 e. The molecular formula is C9H20O6. The summed E-state index contributed by atoms with van der Waals surface area (Å²) in [6, 6.07) is 0. The fraction of sp³-hybridized carbons (Fsp3) is 0.778. The highest BCUT2D eigenvalue weighted by Crippen LogP contribution is 2.11. The number of aliphatic hydroxyl groups excluding tert-OH is 6. The molecule has 0 aromatic heterocycles. The van der Waals surface area contributed by atoms with E-state index in [0.29, 0.717) is 6.42 Å². The van der Waals surface area contributed by atoms with E-state index in [1.54, 1.807) is 0 Å². The minimum atomic E-state index is -1.11. The van der Waals surface area contributed by atoms with Crippen molar-refractivity contribution in [3.8, 4) is 0 Å². The molecule has 92 valence electrons. The van der Waals surface area contributed by atoms with Crippen LogP contribution in [0, 0.1) is 5.41 Å². The normalized spacial score (nSPS) is 11.3. The average Bonchev–Trinajstić information content (AvgIpc) is 2.31. The summed E-state index contributed by atoms with van der Waals surface area (Å²) in [5.74, 6) is 0. The van der Waals surface area contributed by atoms with Crippen molar-refractivity contribution in [3.05, 3.63) is 12.3 Å². The predicted octanol–water partition coefficient (Wildman–Crippen LogP) is -1.62. The van der Waals surface area contributed by atoms with E-state index >= 15 is 0 Å². The van der Waals surface area contributed by atoms with E-state index in [1.807, 2.05) is 0 Å². The molecule has 0 saturated heterocycles. The van der Waals surface area contributed by atoms with Crippen molar-refractivity contribution in [2.75, 3.05) is 33.0 Å². The van der Waals surface area contributed by atoms with Crippen molar-refractivity contribution in [1.82, 2.24) is 0 Å². The van der Waals surface area contributed by atoms with Gasteiger partial charge in [0.2, 0.25) is 0 Å². The Balaban J connectivity index is 0. The van der Waals surface area contributed by atoms with Crippen molar-refractivity contribution < 1.29 is 30.6 Å². The molecule has 6 heteroatoms. The zero-order valence-electron chi connectivity index (χ0n) is 8.58. The van der Waals surface area contributed by atoms with Gasteiger partial charge in [0.15, 0.2) is 0 Å². The second-order valence-electron chi connectivity index (χ2n) is 3.03. The van der Waals surface area contributed by atoms with Crippen molar-refractivity contribution in [3.63, 3.8) is 0 Å². The molecule has 0 aliphatic rings. The maximum absolute atomic E-state index is 8.50. The van der Waals surface area contributed by atoms with Crippen LogP contribution in [0.15, 0.2) is 12.3 Å². The smallest absolute Gasteiger partial charge is 0.0752 e. The summed E-state index contributed by atoms with van der Waals surface area (Å²) < 4.78 is 0. The number of hydrogen-bond donors (Lipinski definition) is 6. The van der Waals surface area contributed by atoms with Crippen LogP contribution in [0.3, 0.4) is 0 Å². The summed E-state index contributed by atoms with van der Waals surface area (Å²) in [4.78, 5) is 0. The zero-order valence-corrected chi connectivity index (χ0v) is 8.58. The Morgan fingerprint density at radius 1 is 0.800 bits per heavy atom. The molecule has 6 nitrogen and oxygen atoms in total. The van der Waals surface area contributed by atoms with Gasteiger partial charge in [-0.05, 0) is 12.5 Å². The summed E-state index contributed by atoms with van der Waals surface area (Å²) >= 11 is 0. The number of rotatable bonds is 6. The van der Waals surface area contributed by atoms with Crippen molar-refractivity contribution in [2.45, 2.75) is 6.42 Å². The van der Waals surface area contributed by atoms with Crippen LogP contribution in [-0.4, -0.2) is 63.7 Å². The molecule has 0 rings (SSSR count).